The molecule has 0 bridgehead atoms. The normalized spacial score (nSPS) is 16.2. The fourth-order valence-electron chi connectivity index (χ4n) is 2.60. The zero-order chi connectivity index (χ0) is 13.8. The van der Waals surface area contributed by atoms with Gasteiger partial charge in [0, 0.05) is 10.9 Å². The van der Waals surface area contributed by atoms with Gasteiger partial charge in [-0.3, -0.25) is 5.10 Å². The number of hydrogen-bond donors (Lipinski definition) is 1. The summed E-state index contributed by atoms with van der Waals surface area (Å²) in [5.41, 5.74) is 0. The molecule has 5 heteroatoms. The van der Waals surface area contributed by atoms with Gasteiger partial charge in [-0.25, -0.2) is 4.98 Å². The molecule has 20 heavy (non-hydrogen) atoms. The van der Waals surface area contributed by atoms with Crippen LogP contribution in [0.1, 0.15) is 49.7 Å². The maximum Gasteiger partial charge on any atom is 0.162 e. The predicted molar refractivity (Wildman–Crippen MR) is 78.0 cm³/mol. The second-order valence-electron chi connectivity index (χ2n) is 5.22. The van der Waals surface area contributed by atoms with E-state index in [-0.39, 0.29) is 0 Å². The molecule has 1 fully saturated rings. The van der Waals surface area contributed by atoms with Crippen LogP contribution in [0.3, 0.4) is 0 Å². The molecule has 1 aromatic carbocycles. The zero-order valence-electron chi connectivity index (χ0n) is 11.3. The van der Waals surface area contributed by atoms with Crippen LogP contribution < -0.4 is 4.74 Å². The summed E-state index contributed by atoms with van der Waals surface area (Å²) in [6.07, 6.45) is 6.32. The van der Waals surface area contributed by atoms with Crippen LogP contribution in [0.4, 0.5) is 0 Å². The quantitative estimate of drug-likeness (QED) is 0.923. The first-order valence-electron chi connectivity index (χ1n) is 7.11. The molecule has 1 aromatic heterocycles. The smallest absolute Gasteiger partial charge is 0.162 e. The number of rotatable bonds is 4. The third kappa shape index (κ3) is 3.31. The number of aromatic nitrogens is 3. The van der Waals surface area contributed by atoms with Crippen LogP contribution in [0.2, 0.25) is 5.02 Å². The molecule has 0 unspecified atom stereocenters. The third-order valence-corrected chi connectivity index (χ3v) is 3.96. The predicted octanol–water partition coefficient (Wildman–Crippen LogP) is 4.08. The maximum atomic E-state index is 5.83. The van der Waals surface area contributed by atoms with Crippen molar-refractivity contribution in [1.29, 1.82) is 0 Å². The van der Waals surface area contributed by atoms with E-state index in [1.165, 1.54) is 32.1 Å². The number of aromatic amines is 1. The standard InChI is InChI=1S/C15H18ClN3O/c16-12-6-8-13(9-7-12)20-10-14-17-15(19-18-14)11-4-2-1-3-5-11/h6-9,11H,1-5,10H2,(H,17,18,19). The molecule has 3 rings (SSSR count). The SMILES string of the molecule is Clc1ccc(OCc2nc(C3CCCCC3)n[nH]2)cc1. The Hall–Kier alpha value is -1.55. The molecule has 0 amide bonds. The average molecular weight is 292 g/mol. The van der Waals surface area contributed by atoms with Crippen molar-refractivity contribution in [2.45, 2.75) is 44.6 Å². The monoisotopic (exact) mass is 291 g/mol. The highest BCUT2D eigenvalue weighted by molar-refractivity contribution is 6.30. The van der Waals surface area contributed by atoms with E-state index in [9.17, 15) is 0 Å². The van der Waals surface area contributed by atoms with E-state index in [1.54, 1.807) is 0 Å². The summed E-state index contributed by atoms with van der Waals surface area (Å²) in [4.78, 5) is 4.55. The number of H-pyrrole nitrogens is 1. The van der Waals surface area contributed by atoms with Crippen LogP contribution >= 0.6 is 11.6 Å². The molecule has 1 heterocycles. The molecule has 106 valence electrons. The minimum Gasteiger partial charge on any atom is -0.486 e. The number of nitrogens with one attached hydrogen (secondary N) is 1. The second-order valence-corrected chi connectivity index (χ2v) is 5.65. The van der Waals surface area contributed by atoms with Crippen molar-refractivity contribution in [2.24, 2.45) is 0 Å². The summed E-state index contributed by atoms with van der Waals surface area (Å²) < 4.78 is 5.66. The lowest BCUT2D eigenvalue weighted by Gasteiger charge is -2.17. The molecule has 1 N–H and O–H groups in total. The first kappa shape index (κ1) is 13.4. The maximum absolute atomic E-state index is 5.83. The first-order valence-corrected chi connectivity index (χ1v) is 7.48. The number of ether oxygens (including phenoxy) is 1. The van der Waals surface area contributed by atoms with Crippen LogP contribution in [0.25, 0.3) is 0 Å². The van der Waals surface area contributed by atoms with Crippen LogP contribution in [0.15, 0.2) is 24.3 Å². The Labute approximate surface area is 123 Å². The second kappa shape index (κ2) is 6.27. The summed E-state index contributed by atoms with van der Waals surface area (Å²) in [5, 5.41) is 8.01. The van der Waals surface area contributed by atoms with Crippen LogP contribution in [0, 0.1) is 0 Å². The van der Waals surface area contributed by atoms with Crippen LogP contribution in [-0.4, -0.2) is 15.2 Å². The van der Waals surface area contributed by atoms with Gasteiger partial charge in [-0.05, 0) is 37.1 Å². The van der Waals surface area contributed by atoms with Gasteiger partial charge in [0.25, 0.3) is 0 Å². The topological polar surface area (TPSA) is 50.8 Å². The van der Waals surface area contributed by atoms with Crippen LogP contribution in [-0.2, 0) is 6.61 Å². The summed E-state index contributed by atoms with van der Waals surface area (Å²) in [6, 6.07) is 7.32. The number of halogens is 1. The highest BCUT2D eigenvalue weighted by atomic mass is 35.5. The van der Waals surface area contributed by atoms with E-state index in [2.05, 4.69) is 15.2 Å². The Kier molecular flexibility index (Phi) is 4.21. The lowest BCUT2D eigenvalue weighted by molar-refractivity contribution is 0.296. The van der Waals surface area contributed by atoms with Crippen molar-refractivity contribution in [3.05, 3.63) is 40.9 Å². The van der Waals surface area contributed by atoms with E-state index in [4.69, 9.17) is 16.3 Å². The molecule has 0 saturated heterocycles. The molecule has 4 nitrogen and oxygen atoms in total. The van der Waals surface area contributed by atoms with Gasteiger partial charge in [-0.15, -0.1) is 0 Å². The van der Waals surface area contributed by atoms with Gasteiger partial charge in [0.2, 0.25) is 0 Å². The Morgan fingerprint density at radius 1 is 1.15 bits per heavy atom. The van der Waals surface area contributed by atoms with Crippen molar-refractivity contribution in [1.82, 2.24) is 15.2 Å². The van der Waals surface area contributed by atoms with Crippen molar-refractivity contribution in [3.8, 4) is 5.75 Å². The molecule has 1 aliphatic carbocycles. The lowest BCUT2D eigenvalue weighted by Crippen LogP contribution is -2.06. The van der Waals surface area contributed by atoms with Gasteiger partial charge < -0.3 is 4.74 Å². The summed E-state index contributed by atoms with van der Waals surface area (Å²) >= 11 is 5.83. The van der Waals surface area contributed by atoms with E-state index in [0.29, 0.717) is 17.5 Å². The van der Waals surface area contributed by atoms with E-state index >= 15 is 0 Å². The molecule has 0 radical (unpaired) electrons. The van der Waals surface area contributed by atoms with Crippen molar-refractivity contribution in [2.75, 3.05) is 0 Å². The Morgan fingerprint density at radius 2 is 1.90 bits per heavy atom. The highest BCUT2D eigenvalue weighted by Crippen LogP contribution is 2.30. The molecule has 0 aliphatic heterocycles. The fourth-order valence-corrected chi connectivity index (χ4v) is 2.73. The van der Waals surface area contributed by atoms with E-state index < -0.39 is 0 Å². The lowest BCUT2D eigenvalue weighted by atomic mass is 9.89. The van der Waals surface area contributed by atoms with Gasteiger partial charge >= 0.3 is 0 Å². The highest BCUT2D eigenvalue weighted by Gasteiger charge is 2.19. The minimum atomic E-state index is 0.404. The summed E-state index contributed by atoms with van der Waals surface area (Å²) in [5.74, 6) is 3.02. The van der Waals surface area contributed by atoms with Gasteiger partial charge in [0.1, 0.15) is 12.4 Å². The molecular formula is C15H18ClN3O. The molecule has 1 aliphatic rings. The molecule has 1 saturated carbocycles. The number of benzene rings is 1. The Morgan fingerprint density at radius 3 is 2.65 bits per heavy atom. The van der Waals surface area contributed by atoms with Crippen LogP contribution in [0.5, 0.6) is 5.75 Å². The molecule has 0 spiro atoms. The van der Waals surface area contributed by atoms with Crippen molar-refractivity contribution in [3.63, 3.8) is 0 Å². The summed E-state index contributed by atoms with van der Waals surface area (Å²) in [7, 11) is 0. The molecular weight excluding hydrogens is 274 g/mol. The Bertz CT molecular complexity index is 547. The molecule has 2 aromatic rings. The number of hydrogen-bond acceptors (Lipinski definition) is 3. The average Bonchev–Trinajstić information content (AvgIpc) is 2.97. The first-order chi connectivity index (χ1) is 9.81. The fraction of sp³-hybridized carbons (Fsp3) is 0.467. The van der Waals surface area contributed by atoms with E-state index in [0.717, 1.165) is 17.4 Å². The zero-order valence-corrected chi connectivity index (χ0v) is 12.1. The van der Waals surface area contributed by atoms with Gasteiger partial charge in [-0.1, -0.05) is 30.9 Å². The third-order valence-electron chi connectivity index (χ3n) is 3.71. The van der Waals surface area contributed by atoms with Crippen molar-refractivity contribution < 1.29 is 4.74 Å². The van der Waals surface area contributed by atoms with Gasteiger partial charge in [0.15, 0.2) is 11.6 Å². The van der Waals surface area contributed by atoms with Gasteiger partial charge in [0.05, 0.1) is 0 Å². The van der Waals surface area contributed by atoms with E-state index in [1.807, 2.05) is 24.3 Å². The number of nitrogens with zero attached hydrogens (tertiary/aromatic N) is 2. The molecule has 0 atom stereocenters. The Balaban J connectivity index is 1.58. The van der Waals surface area contributed by atoms with Crippen molar-refractivity contribution >= 4 is 11.6 Å². The largest absolute Gasteiger partial charge is 0.486 e. The minimum absolute atomic E-state index is 0.404. The summed E-state index contributed by atoms with van der Waals surface area (Å²) in [6.45, 7) is 0.404. The van der Waals surface area contributed by atoms with Gasteiger partial charge in [-0.2, -0.15) is 5.10 Å².